The zero-order valence-corrected chi connectivity index (χ0v) is 27.2. The molecule has 0 atom stereocenters. The van der Waals surface area contributed by atoms with Crippen molar-refractivity contribution in [3.63, 3.8) is 0 Å². The van der Waals surface area contributed by atoms with E-state index in [1.165, 1.54) is 80.9 Å². The molecule has 6 rings (SSSR count). The van der Waals surface area contributed by atoms with Gasteiger partial charge in [0, 0.05) is 8.07 Å². The molecular formula is C34H34Cl2SiZr. The van der Waals surface area contributed by atoms with Gasteiger partial charge in [0.1, 0.15) is 0 Å². The average molecular weight is 633 g/mol. The first-order valence-electron chi connectivity index (χ1n) is 13.4. The first kappa shape index (κ1) is 30.8. The molecule has 4 heteroatoms. The molecule has 0 spiro atoms. The molecule has 0 saturated carbocycles. The second kappa shape index (κ2) is 13.1. The van der Waals surface area contributed by atoms with Crippen molar-refractivity contribution >= 4 is 61.5 Å². The number of benzene rings is 4. The van der Waals surface area contributed by atoms with E-state index in [4.69, 9.17) is 0 Å². The van der Waals surface area contributed by atoms with Crippen LogP contribution in [-0.2, 0) is 26.2 Å². The van der Waals surface area contributed by atoms with Crippen molar-refractivity contribution in [3.05, 3.63) is 97.1 Å². The van der Waals surface area contributed by atoms with Gasteiger partial charge in [-0.1, -0.05) is 124 Å². The van der Waals surface area contributed by atoms with Gasteiger partial charge in [-0.15, -0.1) is 77.7 Å². The Morgan fingerprint density at radius 1 is 0.526 bits per heavy atom. The van der Waals surface area contributed by atoms with Gasteiger partial charge in [-0.3, -0.25) is 0 Å². The number of halogens is 2. The molecule has 0 unspecified atom stereocenters. The van der Waals surface area contributed by atoms with E-state index in [2.05, 4.69) is 111 Å². The van der Waals surface area contributed by atoms with E-state index in [0.29, 0.717) is 0 Å². The molecule has 192 valence electrons. The van der Waals surface area contributed by atoms with Gasteiger partial charge in [-0.2, -0.15) is 0 Å². The summed E-state index contributed by atoms with van der Waals surface area (Å²) < 4.78 is 0. The molecule has 0 nitrogen and oxygen atoms in total. The molecule has 38 heavy (non-hydrogen) atoms. The van der Waals surface area contributed by atoms with Crippen molar-refractivity contribution < 1.29 is 51.0 Å². The number of fused-ring (bicyclic) bond motifs is 6. The number of unbranched alkanes of at least 4 members (excludes halogenated alkanes) is 2. The third-order valence-corrected chi connectivity index (χ3v) is 13.6. The molecule has 6 aromatic rings. The Morgan fingerprint density at radius 3 is 1.34 bits per heavy atom. The van der Waals surface area contributed by atoms with Crippen LogP contribution in [0.1, 0.15) is 39.5 Å². The van der Waals surface area contributed by atoms with Gasteiger partial charge in [0.2, 0.25) is 0 Å². The van der Waals surface area contributed by atoms with Crippen LogP contribution in [0.2, 0.25) is 12.1 Å². The van der Waals surface area contributed by atoms with Gasteiger partial charge >= 0.3 is 26.2 Å². The Bertz CT molecular complexity index is 1520. The molecule has 0 aliphatic carbocycles. The summed E-state index contributed by atoms with van der Waals surface area (Å²) in [7, 11) is -2.04. The van der Waals surface area contributed by atoms with E-state index in [-0.39, 0.29) is 51.0 Å². The minimum absolute atomic E-state index is 0. The molecule has 6 aromatic carbocycles. The Kier molecular flexibility index (Phi) is 10.6. The first-order chi connectivity index (χ1) is 17.3. The molecular weight excluding hydrogens is 599 g/mol. The summed E-state index contributed by atoms with van der Waals surface area (Å²) in [5.41, 5.74) is 0. The van der Waals surface area contributed by atoms with Gasteiger partial charge in [0.15, 0.2) is 0 Å². The monoisotopic (exact) mass is 630 g/mol. The number of rotatable bonds is 8. The second-order valence-corrected chi connectivity index (χ2v) is 14.5. The summed E-state index contributed by atoms with van der Waals surface area (Å²) >= 11 is 0. The fraction of sp³-hybridized carbons (Fsp3) is 0.235. The Balaban J connectivity index is 0.00000133. The van der Waals surface area contributed by atoms with Gasteiger partial charge in [0.05, 0.1) is 0 Å². The second-order valence-electron chi connectivity index (χ2n) is 10.3. The largest absolute Gasteiger partial charge is 4.00 e. The zero-order valence-electron chi connectivity index (χ0n) is 22.2. The van der Waals surface area contributed by atoms with Gasteiger partial charge < -0.3 is 24.8 Å². The molecule has 0 amide bonds. The fourth-order valence-corrected chi connectivity index (χ4v) is 12.4. The molecule has 0 bridgehead atoms. The van der Waals surface area contributed by atoms with Crippen LogP contribution >= 0.6 is 0 Å². The van der Waals surface area contributed by atoms with Gasteiger partial charge in [-0.25, -0.2) is 0 Å². The molecule has 0 aliphatic heterocycles. The van der Waals surface area contributed by atoms with E-state index in [9.17, 15) is 0 Å². The summed E-state index contributed by atoms with van der Waals surface area (Å²) in [5, 5.41) is 14.7. The van der Waals surface area contributed by atoms with Crippen LogP contribution in [0.15, 0.2) is 97.1 Å². The van der Waals surface area contributed by atoms with E-state index < -0.39 is 8.07 Å². The molecule has 0 fully saturated rings. The maximum Gasteiger partial charge on any atom is 4.00 e. The Morgan fingerprint density at radius 2 is 0.921 bits per heavy atom. The van der Waals surface area contributed by atoms with Crippen molar-refractivity contribution in [2.75, 3.05) is 0 Å². The molecule has 0 saturated heterocycles. The van der Waals surface area contributed by atoms with Crippen LogP contribution < -0.4 is 35.2 Å². The van der Waals surface area contributed by atoms with E-state index in [0.717, 1.165) is 0 Å². The van der Waals surface area contributed by atoms with Crippen LogP contribution in [0.25, 0.3) is 43.1 Å². The average Bonchev–Trinajstić information content (AvgIpc) is 3.48. The van der Waals surface area contributed by atoms with Crippen molar-refractivity contribution in [2.24, 2.45) is 0 Å². The first-order valence-corrected chi connectivity index (χ1v) is 15.8. The number of hydrogen-bond acceptors (Lipinski definition) is 0. The predicted octanol–water partition coefficient (Wildman–Crippen LogP) is 2.91. The quantitative estimate of drug-likeness (QED) is 0.179. The summed E-state index contributed by atoms with van der Waals surface area (Å²) in [6.07, 6.45) is 5.09. The van der Waals surface area contributed by atoms with E-state index in [1.807, 2.05) is 0 Å². The molecule has 0 radical (unpaired) electrons. The summed E-state index contributed by atoms with van der Waals surface area (Å²) in [5.74, 6) is 0. The topological polar surface area (TPSA) is 0 Å². The minimum atomic E-state index is -2.04. The number of hydrogen-bond donors (Lipinski definition) is 0. The van der Waals surface area contributed by atoms with Crippen molar-refractivity contribution in [1.29, 1.82) is 0 Å². The Labute approximate surface area is 259 Å². The maximum absolute atomic E-state index is 2.50. The summed E-state index contributed by atoms with van der Waals surface area (Å²) in [6, 6.07) is 39.9. The van der Waals surface area contributed by atoms with Crippen LogP contribution in [0, 0.1) is 0 Å². The zero-order chi connectivity index (χ0) is 23.8. The summed E-state index contributed by atoms with van der Waals surface area (Å²) in [6.45, 7) is 4.71. The Hall–Kier alpha value is -1.70. The van der Waals surface area contributed by atoms with Gasteiger partial charge in [0.25, 0.3) is 0 Å². The van der Waals surface area contributed by atoms with Crippen LogP contribution in [-0.4, -0.2) is 8.07 Å². The third kappa shape index (κ3) is 5.11. The normalized spacial score (nSPS) is 11.4. The summed E-state index contributed by atoms with van der Waals surface area (Å²) in [4.78, 5) is 0. The smallest absolute Gasteiger partial charge is 1.00 e. The SMILES string of the molecule is CCCC[Si](CCCC)(c1cccc2c1[cH-]c1ccccc12)c1cccc2c1[cH-]c1ccccc12.[Cl-].[Cl-].[Zr+4]. The minimum Gasteiger partial charge on any atom is -1.00 e. The molecule has 0 heterocycles. The van der Waals surface area contributed by atoms with Crippen LogP contribution in [0.3, 0.4) is 0 Å². The van der Waals surface area contributed by atoms with Crippen molar-refractivity contribution in [2.45, 2.75) is 51.6 Å². The maximum atomic E-state index is 2.50. The van der Waals surface area contributed by atoms with Crippen LogP contribution in [0.5, 0.6) is 0 Å². The van der Waals surface area contributed by atoms with Gasteiger partial charge in [-0.05, 0) is 0 Å². The standard InChI is InChI=1S/C34H34Si.2ClH.Zr/c1-3-5-21-35(22-6-4-2,33-19-11-17-29-27-15-9-7-13-25(27)23-31(29)33)34-20-12-18-30-28-16-10-8-14-26(28)24-32(30)34;;;/h7-20,23-24H,3-6,21-22H2,1-2H3;2*1H;/q-2;;;+4/p-2. The van der Waals surface area contributed by atoms with Crippen molar-refractivity contribution in [1.82, 2.24) is 0 Å². The van der Waals surface area contributed by atoms with Crippen molar-refractivity contribution in [3.8, 4) is 0 Å². The predicted molar refractivity (Wildman–Crippen MR) is 159 cm³/mol. The fourth-order valence-electron chi connectivity index (χ4n) is 6.56. The third-order valence-electron chi connectivity index (χ3n) is 8.26. The van der Waals surface area contributed by atoms with Crippen LogP contribution in [0.4, 0.5) is 0 Å². The molecule has 0 aromatic heterocycles. The van der Waals surface area contributed by atoms with E-state index in [1.54, 1.807) is 10.4 Å². The molecule has 0 aliphatic rings. The van der Waals surface area contributed by atoms with E-state index >= 15 is 0 Å². The molecule has 0 N–H and O–H groups in total.